The third kappa shape index (κ3) is 1.40. The first-order valence-electron chi connectivity index (χ1n) is 3.78. The molecule has 1 aliphatic carbocycles. The van der Waals surface area contributed by atoms with E-state index < -0.39 is 0 Å². The van der Waals surface area contributed by atoms with Gasteiger partial charge in [-0.2, -0.15) is 0 Å². The van der Waals surface area contributed by atoms with E-state index in [-0.39, 0.29) is 11.5 Å². The summed E-state index contributed by atoms with van der Waals surface area (Å²) in [5.74, 6) is 0.389. The van der Waals surface area contributed by atoms with Crippen LogP contribution in [-0.4, -0.2) is 11.2 Å². The first-order chi connectivity index (χ1) is 4.43. The van der Waals surface area contributed by atoms with Crippen molar-refractivity contribution >= 4 is 0 Å². The molecule has 0 unspecified atom stereocenters. The second-order valence-electron chi connectivity index (χ2n) is 4.28. The van der Waals surface area contributed by atoms with Crippen molar-refractivity contribution in [2.75, 3.05) is 0 Å². The number of hydrogen-bond donors (Lipinski definition) is 1. The summed E-state index contributed by atoms with van der Waals surface area (Å²) in [4.78, 5) is 0. The Kier molecular flexibility index (Phi) is 1.63. The minimum absolute atomic E-state index is 0.0180. The van der Waals surface area contributed by atoms with Crippen molar-refractivity contribution in [3.63, 3.8) is 0 Å². The highest BCUT2D eigenvalue weighted by atomic mass is 16.3. The van der Waals surface area contributed by atoms with E-state index in [1.807, 2.05) is 0 Å². The van der Waals surface area contributed by atoms with E-state index in [1.165, 1.54) is 5.57 Å². The van der Waals surface area contributed by atoms with Gasteiger partial charge in [-0.15, -0.1) is 0 Å². The topological polar surface area (TPSA) is 20.2 Å². The highest BCUT2D eigenvalue weighted by Gasteiger charge is 2.40. The molecule has 58 valence electrons. The molecule has 0 saturated heterocycles. The van der Waals surface area contributed by atoms with Crippen molar-refractivity contribution < 1.29 is 5.11 Å². The summed E-state index contributed by atoms with van der Waals surface area (Å²) in [6.07, 6.45) is 0.832. The summed E-state index contributed by atoms with van der Waals surface area (Å²) in [7, 11) is 0. The van der Waals surface area contributed by atoms with Gasteiger partial charge in [0.05, 0.1) is 6.10 Å². The van der Waals surface area contributed by atoms with E-state index in [9.17, 15) is 5.11 Å². The number of aliphatic hydroxyl groups excluding tert-OH is 1. The molecule has 0 aromatic heterocycles. The summed E-state index contributed by atoms with van der Waals surface area (Å²) in [6, 6.07) is 0. The molecule has 1 fully saturated rings. The van der Waals surface area contributed by atoms with E-state index >= 15 is 0 Å². The van der Waals surface area contributed by atoms with Crippen LogP contribution in [-0.2, 0) is 0 Å². The lowest BCUT2D eigenvalue weighted by molar-refractivity contribution is 0.0478. The van der Waals surface area contributed by atoms with Gasteiger partial charge >= 0.3 is 0 Å². The molecule has 1 nitrogen and oxygen atoms in total. The molecule has 10 heavy (non-hydrogen) atoms. The van der Waals surface area contributed by atoms with Gasteiger partial charge in [-0.1, -0.05) is 32.9 Å². The van der Waals surface area contributed by atoms with Gasteiger partial charge in [0, 0.05) is 5.92 Å². The molecule has 0 aromatic carbocycles. The molecule has 1 saturated carbocycles. The molecule has 0 aliphatic heterocycles. The molecule has 1 heteroatoms. The zero-order valence-corrected chi connectivity index (χ0v) is 7.02. The van der Waals surface area contributed by atoms with E-state index in [4.69, 9.17) is 0 Å². The largest absolute Gasteiger partial charge is 0.392 e. The monoisotopic (exact) mass is 140 g/mol. The Morgan fingerprint density at radius 1 is 1.60 bits per heavy atom. The maximum absolute atomic E-state index is 9.64. The van der Waals surface area contributed by atoms with Crippen LogP contribution in [0.5, 0.6) is 0 Å². The number of rotatable bonds is 1. The third-order valence-electron chi connectivity index (χ3n) is 2.11. The predicted octanol–water partition coefficient (Wildman–Crippen LogP) is 1.97. The zero-order valence-electron chi connectivity index (χ0n) is 7.02. The molecular formula is C9H16O. The summed E-state index contributed by atoms with van der Waals surface area (Å²) >= 11 is 0. The summed E-state index contributed by atoms with van der Waals surface area (Å²) in [5, 5.41) is 9.64. The highest BCUT2D eigenvalue weighted by Crippen LogP contribution is 2.44. The van der Waals surface area contributed by atoms with Crippen molar-refractivity contribution in [2.45, 2.75) is 33.3 Å². The normalized spacial score (nSPS) is 28.4. The first kappa shape index (κ1) is 7.80. The van der Waals surface area contributed by atoms with Gasteiger partial charge in [-0.3, -0.25) is 0 Å². The Hall–Kier alpha value is -0.300. The molecule has 0 radical (unpaired) electrons. The van der Waals surface area contributed by atoms with Gasteiger partial charge in [0.15, 0.2) is 0 Å². The smallest absolute Gasteiger partial charge is 0.0656 e. The molecule has 0 amide bonds. The van der Waals surface area contributed by atoms with Crippen LogP contribution in [0.4, 0.5) is 0 Å². The molecule has 2 atom stereocenters. The lowest BCUT2D eigenvalue weighted by Crippen LogP contribution is -2.27. The maximum atomic E-state index is 9.64. The molecule has 1 aliphatic rings. The van der Waals surface area contributed by atoms with E-state index in [0.29, 0.717) is 5.92 Å². The van der Waals surface area contributed by atoms with Crippen molar-refractivity contribution in [3.8, 4) is 0 Å². The van der Waals surface area contributed by atoms with Crippen LogP contribution in [0, 0.1) is 11.3 Å². The summed E-state index contributed by atoms with van der Waals surface area (Å²) in [6.45, 7) is 10.00. The lowest BCUT2D eigenvalue weighted by Gasteiger charge is -2.25. The number of aliphatic hydroxyl groups is 1. The molecular weight excluding hydrogens is 124 g/mol. The van der Waals surface area contributed by atoms with Gasteiger partial charge in [-0.25, -0.2) is 0 Å². The summed E-state index contributed by atoms with van der Waals surface area (Å²) < 4.78 is 0. The van der Waals surface area contributed by atoms with E-state index in [1.54, 1.807) is 0 Å². The fourth-order valence-corrected chi connectivity index (χ4v) is 1.16. The van der Waals surface area contributed by atoms with Crippen molar-refractivity contribution in [1.29, 1.82) is 0 Å². The van der Waals surface area contributed by atoms with Crippen molar-refractivity contribution in [1.82, 2.24) is 0 Å². The molecule has 0 aromatic rings. The molecule has 0 spiro atoms. The molecule has 1 N–H and O–H groups in total. The average Bonchev–Trinajstić information content (AvgIpc) is 2.42. The molecule has 1 rings (SSSR count). The second kappa shape index (κ2) is 2.09. The Balaban J connectivity index is 2.50. The Labute approximate surface area is 62.8 Å². The van der Waals surface area contributed by atoms with E-state index in [0.717, 1.165) is 6.42 Å². The van der Waals surface area contributed by atoms with Crippen LogP contribution >= 0.6 is 0 Å². The van der Waals surface area contributed by atoms with E-state index in [2.05, 4.69) is 27.4 Å². The minimum Gasteiger partial charge on any atom is -0.392 e. The maximum Gasteiger partial charge on any atom is 0.0656 e. The van der Waals surface area contributed by atoms with Crippen molar-refractivity contribution in [2.24, 2.45) is 11.3 Å². The average molecular weight is 140 g/mol. The highest BCUT2D eigenvalue weighted by molar-refractivity contribution is 5.22. The van der Waals surface area contributed by atoms with Crippen LogP contribution < -0.4 is 0 Å². The van der Waals surface area contributed by atoms with Crippen LogP contribution in [0.2, 0.25) is 0 Å². The standard InChI is InChI=1S/C9H16O/c1-6-5-7(6)8(10)9(2,3)4/h7-8,10H,1,5H2,2-4H3/t7-,8+/m1/s1. The lowest BCUT2D eigenvalue weighted by atomic mass is 9.86. The van der Waals surface area contributed by atoms with Crippen LogP contribution in [0.3, 0.4) is 0 Å². The fraction of sp³-hybridized carbons (Fsp3) is 0.778. The van der Waals surface area contributed by atoms with Gasteiger partial charge in [0.2, 0.25) is 0 Å². The van der Waals surface area contributed by atoms with Crippen LogP contribution in [0.25, 0.3) is 0 Å². The quantitative estimate of drug-likeness (QED) is 0.552. The minimum atomic E-state index is -0.194. The van der Waals surface area contributed by atoms with Gasteiger partial charge in [0.25, 0.3) is 0 Å². The zero-order chi connectivity index (χ0) is 7.94. The van der Waals surface area contributed by atoms with Gasteiger partial charge in [-0.05, 0) is 11.8 Å². The van der Waals surface area contributed by atoms with Crippen molar-refractivity contribution in [3.05, 3.63) is 12.2 Å². The Morgan fingerprint density at radius 3 is 2.10 bits per heavy atom. The Morgan fingerprint density at radius 2 is 2.00 bits per heavy atom. The van der Waals surface area contributed by atoms with Crippen LogP contribution in [0.15, 0.2) is 12.2 Å². The SMILES string of the molecule is C=C1C[C@H]1[C@H](O)C(C)(C)C. The first-order valence-corrected chi connectivity index (χ1v) is 3.78. The van der Waals surface area contributed by atoms with Gasteiger partial charge < -0.3 is 5.11 Å². The number of hydrogen-bond acceptors (Lipinski definition) is 1. The Bertz CT molecular complexity index is 153. The fourth-order valence-electron chi connectivity index (χ4n) is 1.16. The predicted molar refractivity (Wildman–Crippen MR) is 42.7 cm³/mol. The molecule has 0 bridgehead atoms. The van der Waals surface area contributed by atoms with Gasteiger partial charge in [0.1, 0.15) is 0 Å². The van der Waals surface area contributed by atoms with Crippen LogP contribution in [0.1, 0.15) is 27.2 Å². The summed E-state index contributed by atoms with van der Waals surface area (Å²) in [5.41, 5.74) is 1.23. The second-order valence-corrected chi connectivity index (χ2v) is 4.28. The third-order valence-corrected chi connectivity index (χ3v) is 2.11. The molecule has 0 heterocycles.